The van der Waals surface area contributed by atoms with Gasteiger partial charge in [0.15, 0.2) is 11.5 Å². The summed E-state index contributed by atoms with van der Waals surface area (Å²) in [4.78, 5) is 18.0. The Morgan fingerprint density at radius 3 is 2.48 bits per heavy atom. The number of carbonyl (C=O) groups is 1. The van der Waals surface area contributed by atoms with E-state index in [4.69, 9.17) is 9.47 Å². The van der Waals surface area contributed by atoms with Gasteiger partial charge in [0.1, 0.15) is 0 Å². The smallest absolute Gasteiger partial charge is 0.225 e. The van der Waals surface area contributed by atoms with Gasteiger partial charge in [-0.1, -0.05) is 30.3 Å². The van der Waals surface area contributed by atoms with Crippen molar-refractivity contribution in [3.8, 4) is 11.5 Å². The minimum absolute atomic E-state index is 0.163. The number of aromatic amines is 1. The maximum absolute atomic E-state index is 12.6. The number of para-hydroxylation sites is 3. The fourth-order valence-corrected chi connectivity index (χ4v) is 4.12. The largest absolute Gasteiger partial charge is 0.490 e. The van der Waals surface area contributed by atoms with E-state index in [9.17, 15) is 4.79 Å². The quantitative estimate of drug-likeness (QED) is 0.632. The number of fused-ring (bicyclic) bond motifs is 1. The Balaban J connectivity index is 1.27. The van der Waals surface area contributed by atoms with E-state index in [1.165, 1.54) is 16.5 Å². The van der Waals surface area contributed by atoms with Crippen LogP contribution in [0.2, 0.25) is 0 Å². The van der Waals surface area contributed by atoms with Crippen LogP contribution in [0, 0.1) is 0 Å². The highest BCUT2D eigenvalue weighted by Gasteiger charge is 2.25. The van der Waals surface area contributed by atoms with Crippen molar-refractivity contribution < 1.29 is 14.3 Å². The number of H-pyrrole nitrogens is 1. The Bertz CT molecular complexity index is 957. The lowest BCUT2D eigenvalue weighted by molar-refractivity contribution is -0.132. The van der Waals surface area contributed by atoms with Crippen molar-refractivity contribution in [3.05, 3.63) is 60.3 Å². The molecule has 1 saturated heterocycles. The lowest BCUT2D eigenvalue weighted by atomic mass is 9.89. The zero-order valence-corrected chi connectivity index (χ0v) is 16.9. The Morgan fingerprint density at radius 2 is 1.72 bits per heavy atom. The van der Waals surface area contributed by atoms with Crippen LogP contribution < -0.4 is 9.47 Å². The zero-order chi connectivity index (χ0) is 20.1. The van der Waals surface area contributed by atoms with Crippen LogP contribution in [-0.2, 0) is 4.79 Å². The Hall–Kier alpha value is -2.95. The molecule has 0 radical (unpaired) electrons. The van der Waals surface area contributed by atoms with E-state index in [1.54, 1.807) is 0 Å². The van der Waals surface area contributed by atoms with Gasteiger partial charge in [0.2, 0.25) is 5.91 Å². The molecule has 4 rings (SSSR count). The molecule has 5 nitrogen and oxygen atoms in total. The van der Waals surface area contributed by atoms with Crippen LogP contribution in [0.3, 0.4) is 0 Å². The molecule has 152 valence electrons. The molecule has 1 N–H and O–H groups in total. The second-order valence-electron chi connectivity index (χ2n) is 7.42. The van der Waals surface area contributed by atoms with Gasteiger partial charge < -0.3 is 19.4 Å². The minimum atomic E-state index is 0.163. The molecule has 1 fully saturated rings. The van der Waals surface area contributed by atoms with Crippen LogP contribution in [0.15, 0.2) is 54.7 Å². The molecule has 0 atom stereocenters. The maximum Gasteiger partial charge on any atom is 0.225 e. The van der Waals surface area contributed by atoms with Crippen molar-refractivity contribution in [3.63, 3.8) is 0 Å². The maximum atomic E-state index is 12.6. The Morgan fingerprint density at radius 1 is 1.03 bits per heavy atom. The van der Waals surface area contributed by atoms with E-state index in [0.29, 0.717) is 31.3 Å². The normalized spacial score (nSPS) is 14.9. The lowest BCUT2D eigenvalue weighted by Gasteiger charge is -2.32. The lowest BCUT2D eigenvalue weighted by Crippen LogP contribution is -2.38. The molecule has 29 heavy (non-hydrogen) atoms. The summed E-state index contributed by atoms with van der Waals surface area (Å²) in [5.74, 6) is 2.09. The van der Waals surface area contributed by atoms with Gasteiger partial charge in [-0.05, 0) is 49.4 Å². The third-order valence-electron chi connectivity index (χ3n) is 5.63. The number of piperidine rings is 1. The molecule has 1 amide bonds. The van der Waals surface area contributed by atoms with Gasteiger partial charge in [-0.15, -0.1) is 0 Å². The second-order valence-corrected chi connectivity index (χ2v) is 7.42. The summed E-state index contributed by atoms with van der Waals surface area (Å²) in [5, 5.41) is 1.30. The van der Waals surface area contributed by atoms with Crippen LogP contribution in [0.1, 0.15) is 37.7 Å². The number of carbonyl (C=O) groups excluding carboxylic acids is 1. The number of aromatic nitrogens is 1. The number of rotatable bonds is 7. The molecule has 0 unspecified atom stereocenters. The molecule has 1 aliphatic heterocycles. The molecule has 2 aromatic carbocycles. The van der Waals surface area contributed by atoms with E-state index < -0.39 is 0 Å². The van der Waals surface area contributed by atoms with Crippen LogP contribution >= 0.6 is 0 Å². The summed E-state index contributed by atoms with van der Waals surface area (Å²) in [7, 11) is 0. The molecular weight excluding hydrogens is 364 g/mol. The second kappa shape index (κ2) is 9.03. The summed E-state index contributed by atoms with van der Waals surface area (Å²) in [6.45, 7) is 4.51. The highest BCUT2D eigenvalue weighted by atomic mass is 16.5. The summed E-state index contributed by atoms with van der Waals surface area (Å²) in [6, 6.07) is 16.0. The van der Waals surface area contributed by atoms with Gasteiger partial charge in [-0.3, -0.25) is 4.79 Å². The van der Waals surface area contributed by atoms with Crippen LogP contribution in [0.4, 0.5) is 0 Å². The summed E-state index contributed by atoms with van der Waals surface area (Å²) in [6.07, 6.45) is 4.53. The molecule has 1 aliphatic rings. The molecular formula is C24H28N2O3. The highest BCUT2D eigenvalue weighted by molar-refractivity contribution is 5.83. The third-order valence-corrected chi connectivity index (χ3v) is 5.63. The number of hydrogen-bond acceptors (Lipinski definition) is 3. The molecule has 0 spiro atoms. The SMILES string of the molecule is CCOc1ccccc1OCCC(=O)N1CCC(c2c[nH]c3ccccc23)CC1. The van der Waals surface area contributed by atoms with E-state index in [2.05, 4.69) is 35.4 Å². The van der Waals surface area contributed by atoms with Gasteiger partial charge in [0.05, 0.1) is 19.6 Å². The fraction of sp³-hybridized carbons (Fsp3) is 0.375. The van der Waals surface area contributed by atoms with Crippen LogP contribution in [0.5, 0.6) is 11.5 Å². The van der Waals surface area contributed by atoms with Crippen molar-refractivity contribution in [1.29, 1.82) is 0 Å². The van der Waals surface area contributed by atoms with Gasteiger partial charge >= 0.3 is 0 Å². The first-order valence-corrected chi connectivity index (χ1v) is 10.4. The van der Waals surface area contributed by atoms with Gasteiger partial charge in [0, 0.05) is 30.2 Å². The van der Waals surface area contributed by atoms with Crippen LogP contribution in [0.25, 0.3) is 10.9 Å². The molecule has 1 aromatic heterocycles. The van der Waals surface area contributed by atoms with Crippen molar-refractivity contribution in [2.45, 2.75) is 32.1 Å². The van der Waals surface area contributed by atoms with Crippen LogP contribution in [-0.4, -0.2) is 42.1 Å². The zero-order valence-electron chi connectivity index (χ0n) is 16.9. The molecule has 0 saturated carbocycles. The number of benzene rings is 2. The molecule has 0 aliphatic carbocycles. The van der Waals surface area contributed by atoms with Gasteiger partial charge in [0.25, 0.3) is 0 Å². The van der Waals surface area contributed by atoms with Crippen molar-refractivity contribution >= 4 is 16.8 Å². The minimum Gasteiger partial charge on any atom is -0.490 e. The number of likely N-dealkylation sites (tertiary alicyclic amines) is 1. The first-order valence-electron chi connectivity index (χ1n) is 10.4. The topological polar surface area (TPSA) is 54.6 Å². The number of nitrogens with zero attached hydrogens (tertiary/aromatic N) is 1. The monoisotopic (exact) mass is 392 g/mol. The van der Waals surface area contributed by atoms with E-state index >= 15 is 0 Å². The first kappa shape index (κ1) is 19.4. The summed E-state index contributed by atoms with van der Waals surface area (Å²) in [5.41, 5.74) is 2.56. The van der Waals surface area contributed by atoms with E-state index in [0.717, 1.165) is 31.7 Å². The summed E-state index contributed by atoms with van der Waals surface area (Å²) < 4.78 is 11.4. The average Bonchev–Trinajstić information content (AvgIpc) is 3.19. The molecule has 5 heteroatoms. The van der Waals surface area contributed by atoms with Crippen molar-refractivity contribution in [2.24, 2.45) is 0 Å². The van der Waals surface area contributed by atoms with E-state index in [1.807, 2.05) is 36.1 Å². The number of ether oxygens (including phenoxy) is 2. The average molecular weight is 392 g/mol. The number of amides is 1. The highest BCUT2D eigenvalue weighted by Crippen LogP contribution is 2.33. The molecule has 2 heterocycles. The Kier molecular flexibility index (Phi) is 6.03. The number of hydrogen-bond donors (Lipinski definition) is 1. The number of nitrogens with one attached hydrogen (secondary N) is 1. The van der Waals surface area contributed by atoms with Crippen molar-refractivity contribution in [2.75, 3.05) is 26.3 Å². The summed E-state index contributed by atoms with van der Waals surface area (Å²) >= 11 is 0. The fourth-order valence-electron chi connectivity index (χ4n) is 4.12. The van der Waals surface area contributed by atoms with E-state index in [-0.39, 0.29) is 5.91 Å². The predicted molar refractivity (Wildman–Crippen MR) is 115 cm³/mol. The van der Waals surface area contributed by atoms with Gasteiger partial charge in [-0.25, -0.2) is 0 Å². The van der Waals surface area contributed by atoms with Crippen molar-refractivity contribution in [1.82, 2.24) is 9.88 Å². The molecule has 0 bridgehead atoms. The first-order chi connectivity index (χ1) is 14.3. The molecule has 3 aromatic rings. The third kappa shape index (κ3) is 4.39. The standard InChI is InChI=1S/C24H28N2O3/c1-2-28-22-9-5-6-10-23(22)29-16-13-24(27)26-14-11-18(12-15-26)20-17-25-21-8-4-3-7-19(20)21/h3-10,17-18,25H,2,11-16H2,1H3. The Labute approximate surface area is 171 Å². The predicted octanol–water partition coefficient (Wildman–Crippen LogP) is 4.74. The van der Waals surface area contributed by atoms with Gasteiger partial charge in [-0.2, -0.15) is 0 Å².